The van der Waals surface area contributed by atoms with Gasteiger partial charge in [-0.05, 0) is 12.8 Å². The summed E-state index contributed by atoms with van der Waals surface area (Å²) in [7, 11) is 0. The fourth-order valence-electron chi connectivity index (χ4n) is 1.00. The molecule has 0 bridgehead atoms. The van der Waals surface area contributed by atoms with Crippen LogP contribution >= 0.6 is 0 Å². The lowest BCUT2D eigenvalue weighted by molar-refractivity contribution is 0.0696. The summed E-state index contributed by atoms with van der Waals surface area (Å²) in [5.41, 5.74) is 0.152. The Morgan fingerprint density at radius 3 is 2.21 bits per heavy atom. The van der Waals surface area contributed by atoms with E-state index in [1.54, 1.807) is 0 Å². The zero-order valence-electron chi connectivity index (χ0n) is 8.40. The van der Waals surface area contributed by atoms with Crippen LogP contribution in [0.4, 0.5) is 0 Å². The highest BCUT2D eigenvalue weighted by molar-refractivity contribution is 5.86. The van der Waals surface area contributed by atoms with Gasteiger partial charge in [0, 0.05) is 18.3 Å². The van der Waals surface area contributed by atoms with E-state index in [1.807, 2.05) is 13.8 Å². The normalized spacial score (nSPS) is 14.1. The third kappa shape index (κ3) is 2.52. The van der Waals surface area contributed by atoms with Crippen LogP contribution in [0.15, 0.2) is 12.4 Å². The summed E-state index contributed by atoms with van der Waals surface area (Å²) in [5, 5.41) is 8.55. The van der Waals surface area contributed by atoms with Crippen molar-refractivity contribution in [1.82, 2.24) is 9.97 Å². The molecule has 14 heavy (non-hydrogen) atoms. The van der Waals surface area contributed by atoms with E-state index in [0.29, 0.717) is 5.92 Å². The van der Waals surface area contributed by atoms with Gasteiger partial charge in [-0.15, -0.1) is 0 Å². The van der Waals surface area contributed by atoms with Gasteiger partial charge in [-0.2, -0.15) is 0 Å². The molecule has 0 aliphatic heterocycles. The first-order chi connectivity index (χ1) is 6.77. The molecule has 4 nitrogen and oxygen atoms in total. The summed E-state index contributed by atoms with van der Waals surface area (Å²) in [6, 6.07) is 0. The van der Waals surface area contributed by atoms with Crippen molar-refractivity contribution >= 4 is 5.97 Å². The van der Waals surface area contributed by atoms with E-state index in [-0.39, 0.29) is 5.56 Å². The van der Waals surface area contributed by atoms with Crippen LogP contribution in [0.5, 0.6) is 0 Å². The molecule has 0 radical (unpaired) electrons. The fourth-order valence-corrected chi connectivity index (χ4v) is 1.00. The van der Waals surface area contributed by atoms with E-state index < -0.39 is 5.97 Å². The minimum absolute atomic E-state index is 0.152. The highest BCUT2D eigenvalue weighted by atomic mass is 16.4. The molecule has 1 N–H and O–H groups in total. The van der Waals surface area contributed by atoms with Gasteiger partial charge >= 0.3 is 5.97 Å². The molecular formula is C10H14N2O2. The first kappa shape index (κ1) is 10.6. The molecule has 2 rings (SSSR count). The lowest BCUT2D eigenvalue weighted by Gasteiger charge is -1.95. The molecule has 1 aliphatic rings. The summed E-state index contributed by atoms with van der Waals surface area (Å²) in [5.74, 6) is 0.283. The molecule has 4 heteroatoms. The second-order valence-electron chi connectivity index (χ2n) is 2.91. The number of carboxylic acid groups (broad SMARTS) is 1. The maximum absolute atomic E-state index is 10.4. The van der Waals surface area contributed by atoms with Crippen LogP contribution in [0.25, 0.3) is 0 Å². The van der Waals surface area contributed by atoms with Gasteiger partial charge < -0.3 is 5.11 Å². The third-order valence-electron chi connectivity index (χ3n) is 1.86. The van der Waals surface area contributed by atoms with Crippen LogP contribution in [0.2, 0.25) is 0 Å². The van der Waals surface area contributed by atoms with Crippen molar-refractivity contribution in [3.63, 3.8) is 0 Å². The van der Waals surface area contributed by atoms with Crippen LogP contribution in [0.3, 0.4) is 0 Å². The minimum Gasteiger partial charge on any atom is -0.478 e. The molecule has 1 aromatic rings. The molecule has 0 aromatic carbocycles. The van der Waals surface area contributed by atoms with Crippen LogP contribution in [0.1, 0.15) is 48.8 Å². The number of aromatic carboxylic acids is 1. The molecule has 1 heterocycles. The standard InChI is InChI=1S/C8H8N2O2.C2H6/c11-8(12)6-3-9-7(10-4-6)5-1-2-5;1-2/h3-5H,1-2H2,(H,11,12);1-2H3. The highest BCUT2D eigenvalue weighted by Gasteiger charge is 2.26. The molecule has 0 saturated heterocycles. The Labute approximate surface area is 83.0 Å². The summed E-state index contributed by atoms with van der Waals surface area (Å²) in [4.78, 5) is 18.4. The van der Waals surface area contributed by atoms with E-state index in [1.165, 1.54) is 12.4 Å². The SMILES string of the molecule is CC.O=C(O)c1cnc(C2CC2)nc1. The molecule has 76 valence electrons. The van der Waals surface area contributed by atoms with E-state index in [9.17, 15) is 4.79 Å². The molecular weight excluding hydrogens is 180 g/mol. The maximum Gasteiger partial charge on any atom is 0.338 e. The quantitative estimate of drug-likeness (QED) is 0.782. The Balaban J connectivity index is 0.000000461. The van der Waals surface area contributed by atoms with Crippen molar-refractivity contribution in [3.05, 3.63) is 23.8 Å². The Kier molecular flexibility index (Phi) is 3.56. The summed E-state index contributed by atoms with van der Waals surface area (Å²) < 4.78 is 0. The molecule has 1 aliphatic carbocycles. The van der Waals surface area contributed by atoms with Crippen molar-refractivity contribution in [2.24, 2.45) is 0 Å². The molecule has 0 spiro atoms. The van der Waals surface area contributed by atoms with Gasteiger partial charge in [-0.1, -0.05) is 13.8 Å². The molecule has 0 amide bonds. The average Bonchev–Trinajstić information content (AvgIpc) is 3.04. The molecule has 0 unspecified atom stereocenters. The zero-order chi connectivity index (χ0) is 10.6. The van der Waals surface area contributed by atoms with E-state index in [0.717, 1.165) is 18.7 Å². The van der Waals surface area contributed by atoms with E-state index in [4.69, 9.17) is 5.11 Å². The van der Waals surface area contributed by atoms with Gasteiger partial charge in [-0.3, -0.25) is 0 Å². The molecule has 0 atom stereocenters. The fraction of sp³-hybridized carbons (Fsp3) is 0.500. The molecule has 1 aromatic heterocycles. The average molecular weight is 194 g/mol. The highest BCUT2D eigenvalue weighted by Crippen LogP contribution is 2.37. The lowest BCUT2D eigenvalue weighted by Crippen LogP contribution is -2.00. The topological polar surface area (TPSA) is 63.1 Å². The van der Waals surface area contributed by atoms with Crippen molar-refractivity contribution in [3.8, 4) is 0 Å². The second kappa shape index (κ2) is 4.69. The first-order valence-electron chi connectivity index (χ1n) is 4.82. The number of rotatable bonds is 2. The Bertz CT molecular complexity index is 304. The largest absolute Gasteiger partial charge is 0.478 e. The van der Waals surface area contributed by atoms with Gasteiger partial charge in [0.1, 0.15) is 5.82 Å². The Morgan fingerprint density at radius 1 is 1.36 bits per heavy atom. The summed E-state index contributed by atoms with van der Waals surface area (Å²) in [6.07, 6.45) is 4.99. The predicted octanol–water partition coefficient (Wildman–Crippen LogP) is 2.08. The molecule has 1 fully saturated rings. The Morgan fingerprint density at radius 2 is 1.86 bits per heavy atom. The third-order valence-corrected chi connectivity index (χ3v) is 1.86. The number of aromatic nitrogens is 2. The monoisotopic (exact) mass is 194 g/mol. The van der Waals surface area contributed by atoms with Gasteiger partial charge in [-0.25, -0.2) is 14.8 Å². The lowest BCUT2D eigenvalue weighted by atomic mass is 10.3. The Hall–Kier alpha value is -1.45. The zero-order valence-corrected chi connectivity index (χ0v) is 8.40. The van der Waals surface area contributed by atoms with Crippen molar-refractivity contribution in [2.75, 3.05) is 0 Å². The van der Waals surface area contributed by atoms with Gasteiger partial charge in [0.2, 0.25) is 0 Å². The van der Waals surface area contributed by atoms with Gasteiger partial charge in [0.05, 0.1) is 5.56 Å². The van der Waals surface area contributed by atoms with E-state index >= 15 is 0 Å². The summed E-state index contributed by atoms with van der Waals surface area (Å²) >= 11 is 0. The van der Waals surface area contributed by atoms with E-state index in [2.05, 4.69) is 9.97 Å². The van der Waals surface area contributed by atoms with Crippen LogP contribution < -0.4 is 0 Å². The number of carbonyl (C=O) groups is 1. The smallest absolute Gasteiger partial charge is 0.338 e. The first-order valence-corrected chi connectivity index (χ1v) is 4.82. The van der Waals surface area contributed by atoms with Gasteiger partial charge in [0.15, 0.2) is 0 Å². The predicted molar refractivity (Wildman–Crippen MR) is 52.3 cm³/mol. The van der Waals surface area contributed by atoms with Gasteiger partial charge in [0.25, 0.3) is 0 Å². The van der Waals surface area contributed by atoms with Crippen LogP contribution in [-0.4, -0.2) is 21.0 Å². The number of carboxylic acids is 1. The number of hydrogen-bond donors (Lipinski definition) is 1. The minimum atomic E-state index is -0.975. The van der Waals surface area contributed by atoms with Crippen molar-refractivity contribution < 1.29 is 9.90 Å². The number of hydrogen-bond acceptors (Lipinski definition) is 3. The molecule has 1 saturated carbocycles. The number of nitrogens with zero attached hydrogens (tertiary/aromatic N) is 2. The van der Waals surface area contributed by atoms with Crippen molar-refractivity contribution in [1.29, 1.82) is 0 Å². The summed E-state index contributed by atoms with van der Waals surface area (Å²) in [6.45, 7) is 4.00. The van der Waals surface area contributed by atoms with Crippen molar-refractivity contribution in [2.45, 2.75) is 32.6 Å². The maximum atomic E-state index is 10.4. The second-order valence-corrected chi connectivity index (χ2v) is 2.91. The van der Waals surface area contributed by atoms with Crippen LogP contribution in [0, 0.1) is 0 Å². The van der Waals surface area contributed by atoms with Crippen LogP contribution in [-0.2, 0) is 0 Å².